The van der Waals surface area contributed by atoms with Crippen molar-refractivity contribution >= 4 is 0 Å². The van der Waals surface area contributed by atoms with Gasteiger partial charge in [-0.1, -0.05) is 38.1 Å². The molecule has 78 valence electrons. The van der Waals surface area contributed by atoms with Crippen molar-refractivity contribution in [2.24, 2.45) is 5.73 Å². The molecular weight excluding hydrogens is 174 g/mol. The van der Waals surface area contributed by atoms with Crippen LogP contribution in [0.3, 0.4) is 0 Å². The summed E-state index contributed by atoms with van der Waals surface area (Å²) in [7, 11) is 0. The van der Waals surface area contributed by atoms with Crippen molar-refractivity contribution in [3.8, 4) is 0 Å². The van der Waals surface area contributed by atoms with Crippen molar-refractivity contribution < 1.29 is 5.11 Å². The van der Waals surface area contributed by atoms with Gasteiger partial charge < -0.3 is 10.8 Å². The molecule has 0 fully saturated rings. The zero-order valence-electron chi connectivity index (χ0n) is 9.12. The highest BCUT2D eigenvalue weighted by Crippen LogP contribution is 2.26. The van der Waals surface area contributed by atoms with E-state index in [0.29, 0.717) is 5.92 Å². The van der Waals surface area contributed by atoms with Crippen LogP contribution in [0.25, 0.3) is 0 Å². The second-order valence-electron chi connectivity index (χ2n) is 4.32. The number of nitrogens with two attached hydrogens (primary N) is 1. The molecule has 14 heavy (non-hydrogen) atoms. The zero-order valence-corrected chi connectivity index (χ0v) is 9.12. The third-order valence-corrected chi connectivity index (χ3v) is 2.53. The van der Waals surface area contributed by atoms with Gasteiger partial charge in [-0.15, -0.1) is 0 Å². The van der Waals surface area contributed by atoms with Crippen LogP contribution in [-0.2, 0) is 5.54 Å². The van der Waals surface area contributed by atoms with Crippen molar-refractivity contribution in [2.45, 2.75) is 32.2 Å². The van der Waals surface area contributed by atoms with Gasteiger partial charge in [-0.25, -0.2) is 0 Å². The molecule has 0 aliphatic heterocycles. The lowest BCUT2D eigenvalue weighted by Crippen LogP contribution is -2.38. The van der Waals surface area contributed by atoms with Crippen LogP contribution in [0.15, 0.2) is 24.3 Å². The molecule has 1 aromatic carbocycles. The fourth-order valence-corrected chi connectivity index (χ4v) is 1.61. The number of hydrogen-bond donors (Lipinski definition) is 2. The first kappa shape index (κ1) is 11.2. The van der Waals surface area contributed by atoms with Gasteiger partial charge in [0.1, 0.15) is 0 Å². The van der Waals surface area contributed by atoms with Gasteiger partial charge in [0.25, 0.3) is 0 Å². The summed E-state index contributed by atoms with van der Waals surface area (Å²) < 4.78 is 0. The van der Waals surface area contributed by atoms with Crippen LogP contribution < -0.4 is 5.73 Å². The van der Waals surface area contributed by atoms with Crippen molar-refractivity contribution in [3.05, 3.63) is 35.4 Å². The maximum atomic E-state index is 9.23. The first-order valence-corrected chi connectivity index (χ1v) is 4.98. The quantitative estimate of drug-likeness (QED) is 0.771. The van der Waals surface area contributed by atoms with E-state index in [1.165, 1.54) is 5.56 Å². The monoisotopic (exact) mass is 193 g/mol. The minimum Gasteiger partial charge on any atom is -0.394 e. The molecule has 1 aromatic rings. The lowest BCUT2D eigenvalue weighted by atomic mass is 9.85. The van der Waals surface area contributed by atoms with Crippen LogP contribution in [0.2, 0.25) is 0 Å². The first-order valence-electron chi connectivity index (χ1n) is 4.98. The van der Waals surface area contributed by atoms with Crippen molar-refractivity contribution in [3.63, 3.8) is 0 Å². The van der Waals surface area contributed by atoms with E-state index in [9.17, 15) is 5.11 Å². The third kappa shape index (κ3) is 2.14. The Kier molecular flexibility index (Phi) is 3.29. The van der Waals surface area contributed by atoms with Crippen LogP contribution >= 0.6 is 0 Å². The summed E-state index contributed by atoms with van der Waals surface area (Å²) in [5.74, 6) is 0.431. The number of hydrogen-bond acceptors (Lipinski definition) is 2. The SMILES string of the molecule is CC(C)c1ccccc1[C@](C)(N)CO. The molecule has 0 amide bonds. The Morgan fingerprint density at radius 2 is 1.93 bits per heavy atom. The first-order chi connectivity index (χ1) is 6.49. The highest BCUT2D eigenvalue weighted by atomic mass is 16.3. The van der Waals surface area contributed by atoms with Crippen LogP contribution in [0, 0.1) is 0 Å². The van der Waals surface area contributed by atoms with Gasteiger partial charge in [0.15, 0.2) is 0 Å². The zero-order chi connectivity index (χ0) is 10.8. The Morgan fingerprint density at radius 3 is 2.43 bits per heavy atom. The predicted molar refractivity (Wildman–Crippen MR) is 59.2 cm³/mol. The maximum Gasteiger partial charge on any atom is 0.0650 e. The highest BCUT2D eigenvalue weighted by Gasteiger charge is 2.23. The smallest absolute Gasteiger partial charge is 0.0650 e. The molecule has 2 heteroatoms. The minimum atomic E-state index is -0.638. The maximum absolute atomic E-state index is 9.23. The summed E-state index contributed by atoms with van der Waals surface area (Å²) in [5, 5.41) is 9.23. The Hall–Kier alpha value is -0.860. The Labute approximate surface area is 85.8 Å². The average Bonchev–Trinajstić information content (AvgIpc) is 2.18. The van der Waals surface area contributed by atoms with E-state index in [1.54, 1.807) is 0 Å². The second-order valence-corrected chi connectivity index (χ2v) is 4.32. The molecule has 1 rings (SSSR count). The summed E-state index contributed by atoms with van der Waals surface area (Å²) >= 11 is 0. The normalized spacial score (nSPS) is 15.6. The summed E-state index contributed by atoms with van der Waals surface area (Å²) in [6.07, 6.45) is 0. The van der Waals surface area contributed by atoms with Crippen LogP contribution in [0.1, 0.15) is 37.8 Å². The minimum absolute atomic E-state index is 0.0310. The van der Waals surface area contributed by atoms with E-state index < -0.39 is 5.54 Å². The van der Waals surface area contributed by atoms with Gasteiger partial charge in [0.2, 0.25) is 0 Å². The van der Waals surface area contributed by atoms with Gasteiger partial charge in [0.05, 0.1) is 12.1 Å². The molecule has 1 atom stereocenters. The molecule has 0 heterocycles. The molecule has 0 aromatic heterocycles. The van der Waals surface area contributed by atoms with Gasteiger partial charge in [-0.3, -0.25) is 0 Å². The number of benzene rings is 1. The third-order valence-electron chi connectivity index (χ3n) is 2.53. The van der Waals surface area contributed by atoms with E-state index in [0.717, 1.165) is 5.56 Å². The molecular formula is C12H19NO. The molecule has 0 bridgehead atoms. The predicted octanol–water partition coefficient (Wildman–Crippen LogP) is 1.98. The van der Waals surface area contributed by atoms with Gasteiger partial charge >= 0.3 is 0 Å². The molecule has 0 saturated carbocycles. The summed E-state index contributed by atoms with van der Waals surface area (Å²) in [6.45, 7) is 6.09. The fraction of sp³-hybridized carbons (Fsp3) is 0.500. The van der Waals surface area contributed by atoms with Crippen molar-refractivity contribution in [1.82, 2.24) is 0 Å². The molecule has 0 aliphatic carbocycles. The van der Waals surface area contributed by atoms with Crippen LogP contribution in [0.4, 0.5) is 0 Å². The van der Waals surface area contributed by atoms with E-state index in [-0.39, 0.29) is 6.61 Å². The number of rotatable bonds is 3. The lowest BCUT2D eigenvalue weighted by molar-refractivity contribution is 0.209. The van der Waals surface area contributed by atoms with Gasteiger partial charge in [0, 0.05) is 0 Å². The highest BCUT2D eigenvalue weighted by molar-refractivity contribution is 5.35. The van der Waals surface area contributed by atoms with Crippen molar-refractivity contribution in [1.29, 1.82) is 0 Å². The Morgan fingerprint density at radius 1 is 1.36 bits per heavy atom. The topological polar surface area (TPSA) is 46.2 Å². The second kappa shape index (κ2) is 4.11. The van der Waals surface area contributed by atoms with E-state index in [1.807, 2.05) is 25.1 Å². The standard InChI is InChI=1S/C12H19NO/c1-9(2)10-6-4-5-7-11(10)12(3,13)8-14/h4-7,9,14H,8,13H2,1-3H3/t12-/m1/s1. The molecule has 0 radical (unpaired) electrons. The fourth-order valence-electron chi connectivity index (χ4n) is 1.61. The molecule has 0 saturated heterocycles. The summed E-state index contributed by atoms with van der Waals surface area (Å²) in [6, 6.07) is 8.03. The Balaban J connectivity index is 3.20. The average molecular weight is 193 g/mol. The largest absolute Gasteiger partial charge is 0.394 e. The van der Waals surface area contributed by atoms with Crippen molar-refractivity contribution in [2.75, 3.05) is 6.61 Å². The van der Waals surface area contributed by atoms with Crippen LogP contribution in [-0.4, -0.2) is 11.7 Å². The van der Waals surface area contributed by atoms with E-state index in [2.05, 4.69) is 19.9 Å². The molecule has 3 N–H and O–H groups in total. The van der Waals surface area contributed by atoms with Crippen LogP contribution in [0.5, 0.6) is 0 Å². The van der Waals surface area contributed by atoms with E-state index >= 15 is 0 Å². The summed E-state index contributed by atoms with van der Waals surface area (Å²) in [4.78, 5) is 0. The number of aliphatic hydroxyl groups is 1. The molecule has 0 unspecified atom stereocenters. The Bertz CT molecular complexity index is 305. The summed E-state index contributed by atoms with van der Waals surface area (Å²) in [5.41, 5.74) is 7.64. The van der Waals surface area contributed by atoms with Gasteiger partial charge in [-0.2, -0.15) is 0 Å². The van der Waals surface area contributed by atoms with E-state index in [4.69, 9.17) is 5.73 Å². The molecule has 2 nitrogen and oxygen atoms in total. The number of aliphatic hydroxyl groups excluding tert-OH is 1. The van der Waals surface area contributed by atoms with Gasteiger partial charge in [-0.05, 0) is 24.0 Å². The lowest BCUT2D eigenvalue weighted by Gasteiger charge is -2.26. The molecule has 0 spiro atoms. The molecule has 0 aliphatic rings.